The van der Waals surface area contributed by atoms with Crippen LogP contribution in [0.2, 0.25) is 0 Å². The van der Waals surface area contributed by atoms with Crippen LogP contribution in [-0.2, 0) is 10.0 Å². The molecule has 106 valence electrons. The standard InChI is InChI=1S/C11H23N3O2S2/c1-4-9(10(12)17)18(15,16)13-8-11(14(2)3)6-5-7-11/h9,13H,4-8H2,1-3H3,(H2,12,17). The van der Waals surface area contributed by atoms with Gasteiger partial charge < -0.3 is 10.6 Å². The van der Waals surface area contributed by atoms with Crippen molar-refractivity contribution in [2.24, 2.45) is 5.73 Å². The van der Waals surface area contributed by atoms with Crippen molar-refractivity contribution >= 4 is 27.2 Å². The van der Waals surface area contributed by atoms with E-state index in [0.717, 1.165) is 19.3 Å². The predicted octanol–water partition coefficient (Wildman–Crippen LogP) is 0.455. The van der Waals surface area contributed by atoms with E-state index in [-0.39, 0.29) is 10.5 Å². The highest BCUT2D eigenvalue weighted by molar-refractivity contribution is 7.93. The van der Waals surface area contributed by atoms with Crippen LogP contribution in [0.1, 0.15) is 32.6 Å². The predicted molar refractivity (Wildman–Crippen MR) is 78.1 cm³/mol. The number of likely N-dealkylation sites (N-methyl/N-ethyl adjacent to an activating group) is 1. The summed E-state index contributed by atoms with van der Waals surface area (Å²) in [6.45, 7) is 2.20. The van der Waals surface area contributed by atoms with E-state index < -0.39 is 15.3 Å². The number of hydrogen-bond donors (Lipinski definition) is 2. The van der Waals surface area contributed by atoms with Gasteiger partial charge in [-0.05, 0) is 39.8 Å². The third kappa shape index (κ3) is 3.20. The molecule has 3 N–H and O–H groups in total. The summed E-state index contributed by atoms with van der Waals surface area (Å²) < 4.78 is 26.9. The molecule has 1 saturated carbocycles. The highest BCUT2D eigenvalue weighted by atomic mass is 32.2. The SMILES string of the molecule is CCC(C(N)=S)S(=O)(=O)NCC1(N(C)C)CCC1. The first-order chi connectivity index (χ1) is 8.25. The third-order valence-electron chi connectivity index (χ3n) is 3.90. The van der Waals surface area contributed by atoms with Gasteiger partial charge in [0.25, 0.3) is 0 Å². The monoisotopic (exact) mass is 293 g/mol. The number of rotatable bonds is 7. The second-order valence-corrected chi connectivity index (χ2v) is 7.56. The lowest BCUT2D eigenvalue weighted by Gasteiger charge is -2.47. The minimum atomic E-state index is -3.46. The van der Waals surface area contributed by atoms with Crippen molar-refractivity contribution in [3.05, 3.63) is 0 Å². The molecule has 1 atom stereocenters. The Bertz CT molecular complexity index is 403. The quantitative estimate of drug-likeness (QED) is 0.667. The fraction of sp³-hybridized carbons (Fsp3) is 0.909. The van der Waals surface area contributed by atoms with E-state index in [1.165, 1.54) is 0 Å². The number of sulfonamides is 1. The van der Waals surface area contributed by atoms with Gasteiger partial charge in [0, 0.05) is 12.1 Å². The number of nitrogens with zero attached hydrogens (tertiary/aromatic N) is 1. The summed E-state index contributed by atoms with van der Waals surface area (Å²) in [5, 5.41) is -0.771. The maximum atomic E-state index is 12.1. The van der Waals surface area contributed by atoms with E-state index in [1.54, 1.807) is 6.92 Å². The number of thiocarbonyl (C=S) groups is 1. The van der Waals surface area contributed by atoms with Crippen LogP contribution in [0, 0.1) is 0 Å². The molecule has 1 aliphatic rings. The fourth-order valence-corrected chi connectivity index (χ4v) is 4.24. The van der Waals surface area contributed by atoms with E-state index in [4.69, 9.17) is 18.0 Å². The third-order valence-corrected chi connectivity index (χ3v) is 6.21. The first kappa shape index (κ1) is 15.8. The van der Waals surface area contributed by atoms with Gasteiger partial charge in [-0.25, -0.2) is 13.1 Å². The number of nitrogens with two attached hydrogens (primary N) is 1. The lowest BCUT2D eigenvalue weighted by atomic mass is 9.76. The highest BCUT2D eigenvalue weighted by Crippen LogP contribution is 2.35. The van der Waals surface area contributed by atoms with Gasteiger partial charge in [-0.3, -0.25) is 0 Å². The number of nitrogens with one attached hydrogen (secondary N) is 1. The van der Waals surface area contributed by atoms with Crippen molar-refractivity contribution in [2.45, 2.75) is 43.4 Å². The molecule has 0 amide bonds. The van der Waals surface area contributed by atoms with Crippen LogP contribution >= 0.6 is 12.2 Å². The van der Waals surface area contributed by atoms with Crippen LogP contribution in [0.5, 0.6) is 0 Å². The lowest BCUT2D eigenvalue weighted by molar-refractivity contribution is 0.0656. The van der Waals surface area contributed by atoms with Crippen molar-refractivity contribution in [3.8, 4) is 0 Å². The Balaban J connectivity index is 2.69. The molecule has 1 unspecified atom stereocenters. The Morgan fingerprint density at radius 1 is 1.50 bits per heavy atom. The molecule has 1 rings (SSSR count). The smallest absolute Gasteiger partial charge is 0.221 e. The van der Waals surface area contributed by atoms with Crippen molar-refractivity contribution in [1.29, 1.82) is 0 Å². The summed E-state index contributed by atoms with van der Waals surface area (Å²) in [6, 6.07) is 0. The molecule has 0 heterocycles. The summed E-state index contributed by atoms with van der Waals surface area (Å²) in [6.07, 6.45) is 3.59. The van der Waals surface area contributed by atoms with Crippen LogP contribution < -0.4 is 10.5 Å². The second-order valence-electron chi connectivity index (χ2n) is 5.14. The van der Waals surface area contributed by atoms with Gasteiger partial charge >= 0.3 is 0 Å². The van der Waals surface area contributed by atoms with Crippen molar-refractivity contribution < 1.29 is 8.42 Å². The zero-order valence-corrected chi connectivity index (χ0v) is 12.9. The normalized spacial score (nSPS) is 20.4. The highest BCUT2D eigenvalue weighted by Gasteiger charge is 2.40. The lowest BCUT2D eigenvalue weighted by Crippen LogP contribution is -2.58. The van der Waals surface area contributed by atoms with Gasteiger partial charge in [0.15, 0.2) is 0 Å². The van der Waals surface area contributed by atoms with Crippen LogP contribution in [-0.4, -0.2) is 49.7 Å². The van der Waals surface area contributed by atoms with E-state index in [2.05, 4.69) is 9.62 Å². The summed E-state index contributed by atoms with van der Waals surface area (Å²) >= 11 is 4.81. The summed E-state index contributed by atoms with van der Waals surface area (Å²) in [4.78, 5) is 2.14. The number of hydrogen-bond acceptors (Lipinski definition) is 4. The van der Waals surface area contributed by atoms with Gasteiger partial charge in [-0.2, -0.15) is 0 Å². The molecule has 0 aromatic heterocycles. The van der Waals surface area contributed by atoms with E-state index >= 15 is 0 Å². The largest absolute Gasteiger partial charge is 0.392 e. The zero-order chi connectivity index (χ0) is 14.0. The van der Waals surface area contributed by atoms with Crippen molar-refractivity contribution in [3.63, 3.8) is 0 Å². The molecule has 0 aromatic carbocycles. The Labute approximate surface area is 115 Å². The molecule has 0 saturated heterocycles. The minimum absolute atomic E-state index is 0.0394. The second kappa shape index (κ2) is 5.81. The Morgan fingerprint density at radius 2 is 2.06 bits per heavy atom. The molecule has 5 nitrogen and oxygen atoms in total. The average Bonchev–Trinajstić information content (AvgIpc) is 2.14. The van der Waals surface area contributed by atoms with Gasteiger partial charge in [0.05, 0.1) is 4.99 Å². The van der Waals surface area contributed by atoms with Gasteiger partial charge in [0.2, 0.25) is 10.0 Å². The van der Waals surface area contributed by atoms with Gasteiger partial charge in [-0.15, -0.1) is 0 Å². The summed E-state index contributed by atoms with van der Waals surface area (Å²) in [7, 11) is 0.511. The van der Waals surface area contributed by atoms with E-state index in [0.29, 0.717) is 13.0 Å². The molecular formula is C11H23N3O2S2. The molecule has 0 spiro atoms. The van der Waals surface area contributed by atoms with Crippen LogP contribution in [0.25, 0.3) is 0 Å². The minimum Gasteiger partial charge on any atom is -0.392 e. The molecule has 0 radical (unpaired) electrons. The van der Waals surface area contributed by atoms with Crippen LogP contribution in [0.15, 0.2) is 0 Å². The molecule has 0 bridgehead atoms. The molecule has 0 aromatic rings. The molecular weight excluding hydrogens is 270 g/mol. The van der Waals surface area contributed by atoms with Crippen LogP contribution in [0.3, 0.4) is 0 Å². The molecule has 18 heavy (non-hydrogen) atoms. The van der Waals surface area contributed by atoms with Crippen LogP contribution in [0.4, 0.5) is 0 Å². The average molecular weight is 293 g/mol. The topological polar surface area (TPSA) is 75.4 Å². The first-order valence-electron chi connectivity index (χ1n) is 6.20. The van der Waals surface area contributed by atoms with Crippen molar-refractivity contribution in [2.75, 3.05) is 20.6 Å². The molecule has 1 aliphatic carbocycles. The maximum Gasteiger partial charge on any atom is 0.221 e. The summed E-state index contributed by atoms with van der Waals surface area (Å²) in [5.41, 5.74) is 5.44. The first-order valence-corrected chi connectivity index (χ1v) is 8.16. The van der Waals surface area contributed by atoms with E-state index in [9.17, 15) is 8.42 Å². The van der Waals surface area contributed by atoms with Gasteiger partial charge in [-0.1, -0.05) is 19.1 Å². The Morgan fingerprint density at radius 3 is 2.33 bits per heavy atom. The Kier molecular flexibility index (Phi) is 5.11. The molecule has 7 heteroatoms. The fourth-order valence-electron chi connectivity index (χ4n) is 2.28. The van der Waals surface area contributed by atoms with E-state index in [1.807, 2.05) is 14.1 Å². The maximum absolute atomic E-state index is 12.1. The van der Waals surface area contributed by atoms with Gasteiger partial charge in [0.1, 0.15) is 5.25 Å². The Hall–Kier alpha value is -0.240. The van der Waals surface area contributed by atoms with Crippen molar-refractivity contribution in [1.82, 2.24) is 9.62 Å². The molecule has 0 aliphatic heterocycles. The zero-order valence-electron chi connectivity index (χ0n) is 11.3. The summed E-state index contributed by atoms with van der Waals surface area (Å²) in [5.74, 6) is 0. The molecule has 1 fully saturated rings.